The Labute approximate surface area is 95.3 Å². The van der Waals surface area contributed by atoms with Crippen LogP contribution in [0.25, 0.3) is 0 Å². The van der Waals surface area contributed by atoms with Gasteiger partial charge in [-0.25, -0.2) is 4.39 Å². The summed E-state index contributed by atoms with van der Waals surface area (Å²) < 4.78 is 18.5. The highest BCUT2D eigenvalue weighted by atomic mass is 35.5. The van der Waals surface area contributed by atoms with Gasteiger partial charge in [0.2, 0.25) is 0 Å². The first-order valence-corrected chi connectivity index (χ1v) is 5.46. The van der Waals surface area contributed by atoms with E-state index in [1.54, 1.807) is 17.5 Å². The van der Waals surface area contributed by atoms with Crippen molar-refractivity contribution in [2.45, 2.75) is 6.92 Å². The Kier molecular flexibility index (Phi) is 2.88. The van der Waals surface area contributed by atoms with Crippen molar-refractivity contribution in [3.8, 4) is 10.9 Å². The zero-order valence-corrected chi connectivity index (χ0v) is 9.40. The molecule has 2 nitrogen and oxygen atoms in total. The lowest BCUT2D eigenvalue weighted by atomic mass is 10.2. The average molecular weight is 244 g/mol. The van der Waals surface area contributed by atoms with Crippen LogP contribution < -0.4 is 4.74 Å². The number of halogens is 2. The van der Waals surface area contributed by atoms with E-state index in [2.05, 4.69) is 4.98 Å². The maximum absolute atomic E-state index is 13.3. The Bertz CT molecular complexity index is 486. The molecule has 0 aliphatic heterocycles. The van der Waals surface area contributed by atoms with Crippen molar-refractivity contribution in [1.82, 2.24) is 4.98 Å². The quantitative estimate of drug-likeness (QED) is 0.794. The Morgan fingerprint density at radius 1 is 1.47 bits per heavy atom. The van der Waals surface area contributed by atoms with E-state index in [0.29, 0.717) is 10.3 Å². The highest BCUT2D eigenvalue weighted by Gasteiger charge is 2.07. The van der Waals surface area contributed by atoms with Crippen molar-refractivity contribution in [2.24, 2.45) is 0 Å². The SMILES string of the molecule is Cc1ccc(F)c(Oc2nc(Cl)cs2)c1. The summed E-state index contributed by atoms with van der Waals surface area (Å²) in [5.74, 6) is -0.243. The molecule has 0 radical (unpaired) electrons. The van der Waals surface area contributed by atoms with E-state index >= 15 is 0 Å². The summed E-state index contributed by atoms with van der Waals surface area (Å²) in [6.45, 7) is 1.86. The summed E-state index contributed by atoms with van der Waals surface area (Å²) >= 11 is 6.85. The van der Waals surface area contributed by atoms with Crippen LogP contribution >= 0.6 is 22.9 Å². The largest absolute Gasteiger partial charge is 0.428 e. The van der Waals surface area contributed by atoms with Crippen molar-refractivity contribution in [2.75, 3.05) is 0 Å². The minimum Gasteiger partial charge on any atom is -0.428 e. The predicted octanol–water partition coefficient (Wildman–Crippen LogP) is 4.04. The van der Waals surface area contributed by atoms with Gasteiger partial charge in [0.15, 0.2) is 11.6 Å². The van der Waals surface area contributed by atoms with Gasteiger partial charge < -0.3 is 4.74 Å². The van der Waals surface area contributed by atoms with E-state index in [-0.39, 0.29) is 5.75 Å². The van der Waals surface area contributed by atoms with Gasteiger partial charge in [-0.15, -0.1) is 0 Å². The third kappa shape index (κ3) is 2.46. The second kappa shape index (κ2) is 4.16. The Morgan fingerprint density at radius 2 is 2.27 bits per heavy atom. The summed E-state index contributed by atoms with van der Waals surface area (Å²) in [5, 5.41) is 2.32. The molecule has 0 saturated carbocycles. The van der Waals surface area contributed by atoms with Crippen molar-refractivity contribution in [1.29, 1.82) is 0 Å². The monoisotopic (exact) mass is 243 g/mol. The molecule has 1 heterocycles. The second-order valence-corrected chi connectivity index (χ2v) is 4.18. The van der Waals surface area contributed by atoms with Crippen LogP contribution in [0.15, 0.2) is 23.6 Å². The molecular formula is C10H7ClFNOS. The fourth-order valence-corrected chi connectivity index (χ4v) is 1.87. The molecule has 15 heavy (non-hydrogen) atoms. The van der Waals surface area contributed by atoms with Crippen LogP contribution in [0.4, 0.5) is 4.39 Å². The smallest absolute Gasteiger partial charge is 0.280 e. The highest BCUT2D eigenvalue weighted by molar-refractivity contribution is 7.11. The molecule has 0 atom stereocenters. The Morgan fingerprint density at radius 3 is 2.93 bits per heavy atom. The van der Waals surface area contributed by atoms with Gasteiger partial charge in [0, 0.05) is 5.38 Å². The molecule has 2 aromatic rings. The van der Waals surface area contributed by atoms with E-state index < -0.39 is 5.82 Å². The summed E-state index contributed by atoms with van der Waals surface area (Å²) in [4.78, 5) is 3.87. The van der Waals surface area contributed by atoms with Crippen LogP contribution in [0.2, 0.25) is 5.15 Å². The van der Waals surface area contributed by atoms with Gasteiger partial charge in [0.1, 0.15) is 5.15 Å². The zero-order chi connectivity index (χ0) is 10.8. The number of hydrogen-bond donors (Lipinski definition) is 0. The van der Waals surface area contributed by atoms with E-state index in [9.17, 15) is 4.39 Å². The van der Waals surface area contributed by atoms with Crippen molar-refractivity contribution >= 4 is 22.9 Å². The minimum absolute atomic E-state index is 0.168. The summed E-state index contributed by atoms with van der Waals surface area (Å²) in [7, 11) is 0. The zero-order valence-electron chi connectivity index (χ0n) is 7.83. The third-order valence-electron chi connectivity index (χ3n) is 1.74. The average Bonchev–Trinajstić information content (AvgIpc) is 2.58. The standard InChI is InChI=1S/C10H7ClFNOS/c1-6-2-3-7(12)8(4-6)14-10-13-9(11)5-15-10/h2-5H,1H3. The fraction of sp³-hybridized carbons (Fsp3) is 0.100. The topological polar surface area (TPSA) is 22.1 Å². The van der Waals surface area contributed by atoms with Gasteiger partial charge in [-0.1, -0.05) is 29.0 Å². The minimum atomic E-state index is -0.410. The van der Waals surface area contributed by atoms with Crippen LogP contribution in [0.1, 0.15) is 5.56 Å². The van der Waals surface area contributed by atoms with Crippen molar-refractivity contribution in [3.05, 3.63) is 40.1 Å². The van der Waals surface area contributed by atoms with Crippen LogP contribution in [0.3, 0.4) is 0 Å². The summed E-state index contributed by atoms with van der Waals surface area (Å²) in [5.41, 5.74) is 0.925. The number of nitrogens with zero attached hydrogens (tertiary/aromatic N) is 1. The van der Waals surface area contributed by atoms with E-state index in [0.717, 1.165) is 5.56 Å². The lowest BCUT2D eigenvalue weighted by molar-refractivity contribution is 0.439. The molecule has 1 aromatic heterocycles. The molecule has 78 valence electrons. The highest BCUT2D eigenvalue weighted by Crippen LogP contribution is 2.29. The molecule has 0 spiro atoms. The maximum atomic E-state index is 13.3. The summed E-state index contributed by atoms with van der Waals surface area (Å²) in [6, 6.07) is 4.65. The molecule has 2 rings (SSSR count). The Hall–Kier alpha value is -1.13. The number of rotatable bonds is 2. The molecule has 5 heteroatoms. The van der Waals surface area contributed by atoms with Gasteiger partial charge in [0.05, 0.1) is 0 Å². The molecular weight excluding hydrogens is 237 g/mol. The first-order valence-electron chi connectivity index (χ1n) is 4.20. The van der Waals surface area contributed by atoms with E-state index in [1.807, 2.05) is 6.92 Å². The molecule has 0 N–H and O–H groups in total. The summed E-state index contributed by atoms with van der Waals surface area (Å²) in [6.07, 6.45) is 0. The fourth-order valence-electron chi connectivity index (χ4n) is 1.07. The lowest BCUT2D eigenvalue weighted by Gasteiger charge is -2.03. The Balaban J connectivity index is 2.27. The first-order chi connectivity index (χ1) is 7.15. The molecule has 0 aliphatic carbocycles. The first kappa shape index (κ1) is 10.4. The lowest BCUT2D eigenvalue weighted by Crippen LogP contribution is -1.88. The van der Waals surface area contributed by atoms with Crippen LogP contribution in [0.5, 0.6) is 10.9 Å². The van der Waals surface area contributed by atoms with Crippen LogP contribution in [-0.2, 0) is 0 Å². The molecule has 0 amide bonds. The predicted molar refractivity (Wildman–Crippen MR) is 58.3 cm³/mol. The van der Waals surface area contributed by atoms with E-state index in [4.69, 9.17) is 16.3 Å². The van der Waals surface area contributed by atoms with Crippen LogP contribution in [0, 0.1) is 12.7 Å². The number of benzene rings is 1. The number of aryl methyl sites for hydroxylation is 1. The van der Waals surface area contributed by atoms with Crippen LogP contribution in [-0.4, -0.2) is 4.98 Å². The molecule has 1 aromatic carbocycles. The normalized spacial score (nSPS) is 10.3. The molecule has 0 bridgehead atoms. The number of hydrogen-bond acceptors (Lipinski definition) is 3. The van der Waals surface area contributed by atoms with E-state index in [1.165, 1.54) is 17.4 Å². The number of aromatic nitrogens is 1. The second-order valence-electron chi connectivity index (χ2n) is 2.97. The number of ether oxygens (including phenoxy) is 1. The van der Waals surface area contributed by atoms with Gasteiger partial charge in [-0.05, 0) is 24.6 Å². The molecule has 0 aliphatic rings. The molecule has 0 fully saturated rings. The van der Waals surface area contributed by atoms with Crippen molar-refractivity contribution < 1.29 is 9.13 Å². The van der Waals surface area contributed by atoms with Crippen molar-refractivity contribution in [3.63, 3.8) is 0 Å². The van der Waals surface area contributed by atoms with Gasteiger partial charge in [0.25, 0.3) is 5.19 Å². The molecule has 0 saturated heterocycles. The molecule has 0 unspecified atom stereocenters. The number of thiazole rings is 1. The maximum Gasteiger partial charge on any atom is 0.280 e. The third-order valence-corrected chi connectivity index (χ3v) is 2.78. The van der Waals surface area contributed by atoms with Gasteiger partial charge in [-0.3, -0.25) is 0 Å². The van der Waals surface area contributed by atoms with Gasteiger partial charge in [-0.2, -0.15) is 4.98 Å². The van der Waals surface area contributed by atoms with Gasteiger partial charge >= 0.3 is 0 Å².